The Morgan fingerprint density at radius 3 is 2.59 bits per heavy atom. The van der Waals surface area contributed by atoms with Gasteiger partial charge in [0, 0.05) is 26.2 Å². The zero-order chi connectivity index (χ0) is 16.5. The van der Waals surface area contributed by atoms with Crippen molar-refractivity contribution in [2.24, 2.45) is 5.92 Å². The fraction of sp³-hybridized carbons (Fsp3) is 0.750. The zero-order valence-electron chi connectivity index (χ0n) is 12.3. The first-order valence-corrected chi connectivity index (χ1v) is 9.05. The van der Waals surface area contributed by atoms with E-state index in [0.717, 1.165) is 11.3 Å². The first-order chi connectivity index (χ1) is 10.1. The minimum absolute atomic E-state index is 0.0553. The van der Waals surface area contributed by atoms with Gasteiger partial charge in [0.25, 0.3) is 10.0 Å². The summed E-state index contributed by atoms with van der Waals surface area (Å²) in [5.41, 5.74) is 0. The number of nitrogens with zero attached hydrogens (tertiary/aromatic N) is 3. The lowest BCUT2D eigenvalue weighted by Crippen LogP contribution is -2.38. The average Bonchev–Trinajstić information content (AvgIpc) is 2.70. The van der Waals surface area contributed by atoms with Crippen molar-refractivity contribution in [3.63, 3.8) is 0 Å². The molecule has 22 heavy (non-hydrogen) atoms. The molecule has 1 aliphatic rings. The van der Waals surface area contributed by atoms with Crippen molar-refractivity contribution in [1.82, 2.24) is 14.2 Å². The molecule has 2 heterocycles. The largest absolute Gasteiger partial charge is 0.401 e. The second kappa shape index (κ2) is 6.42. The topological polar surface area (TPSA) is 53.5 Å². The highest BCUT2D eigenvalue weighted by Crippen LogP contribution is 2.25. The summed E-state index contributed by atoms with van der Waals surface area (Å²) in [6.45, 7) is 3.03. The molecule has 0 bridgehead atoms. The van der Waals surface area contributed by atoms with E-state index in [1.54, 1.807) is 13.8 Å². The third-order valence-corrected chi connectivity index (χ3v) is 6.56. The normalized spacial score (nSPS) is 22.7. The van der Waals surface area contributed by atoms with Gasteiger partial charge in [-0.2, -0.15) is 17.5 Å². The van der Waals surface area contributed by atoms with Crippen molar-refractivity contribution < 1.29 is 21.6 Å². The van der Waals surface area contributed by atoms with E-state index >= 15 is 0 Å². The highest BCUT2D eigenvalue weighted by Gasteiger charge is 2.35. The third kappa shape index (κ3) is 4.40. The Balaban J connectivity index is 2.13. The van der Waals surface area contributed by atoms with Crippen molar-refractivity contribution in [3.05, 3.63) is 11.2 Å². The molecule has 126 valence electrons. The number of thiazole rings is 1. The predicted molar refractivity (Wildman–Crippen MR) is 77.3 cm³/mol. The van der Waals surface area contributed by atoms with E-state index in [1.165, 1.54) is 15.4 Å². The number of aryl methyl sites for hydroxylation is 1. The van der Waals surface area contributed by atoms with Crippen LogP contribution in [0.15, 0.2) is 10.4 Å². The molecule has 0 aliphatic carbocycles. The minimum atomic E-state index is -4.28. The van der Waals surface area contributed by atoms with Crippen LogP contribution >= 0.6 is 11.3 Å². The van der Waals surface area contributed by atoms with Gasteiger partial charge in [0.2, 0.25) is 0 Å². The molecule has 1 saturated heterocycles. The number of sulfonamides is 1. The second-order valence-corrected chi connectivity index (χ2v) is 8.92. The Morgan fingerprint density at radius 1 is 1.36 bits per heavy atom. The van der Waals surface area contributed by atoms with Crippen molar-refractivity contribution >= 4 is 21.4 Å². The Bertz CT molecular complexity index is 615. The van der Waals surface area contributed by atoms with E-state index in [9.17, 15) is 21.6 Å². The van der Waals surface area contributed by atoms with Crippen LogP contribution < -0.4 is 0 Å². The molecular formula is C12H18F3N3O2S2. The highest BCUT2D eigenvalue weighted by atomic mass is 32.2. The quantitative estimate of drug-likeness (QED) is 0.830. The van der Waals surface area contributed by atoms with E-state index in [2.05, 4.69) is 4.98 Å². The number of hydrogen-bond donors (Lipinski definition) is 0. The smallest absolute Gasteiger partial charge is 0.293 e. The van der Waals surface area contributed by atoms with Crippen molar-refractivity contribution in [3.8, 4) is 0 Å². The van der Waals surface area contributed by atoms with E-state index in [-0.39, 0.29) is 36.3 Å². The lowest BCUT2D eigenvalue weighted by atomic mass is 10.2. The summed E-state index contributed by atoms with van der Waals surface area (Å²) in [4.78, 5) is 5.20. The molecule has 1 aromatic heterocycles. The summed E-state index contributed by atoms with van der Waals surface area (Å²) >= 11 is 1.07. The van der Waals surface area contributed by atoms with Crippen LogP contribution in [-0.2, 0) is 10.0 Å². The lowest BCUT2D eigenvalue weighted by Gasteiger charge is -2.22. The summed E-state index contributed by atoms with van der Waals surface area (Å²) < 4.78 is 64.1. The molecule has 5 nitrogen and oxygen atoms in total. The summed E-state index contributed by atoms with van der Waals surface area (Å²) in [5, 5.41) is 0.639. The van der Waals surface area contributed by atoms with E-state index in [0.29, 0.717) is 5.01 Å². The monoisotopic (exact) mass is 357 g/mol. The molecule has 1 fully saturated rings. The zero-order valence-corrected chi connectivity index (χ0v) is 13.9. The van der Waals surface area contributed by atoms with Crippen LogP contribution in [0.2, 0.25) is 0 Å². The second-order valence-electron chi connectivity index (χ2n) is 5.52. The van der Waals surface area contributed by atoms with Crippen LogP contribution in [0, 0.1) is 12.8 Å². The van der Waals surface area contributed by atoms with Crippen LogP contribution in [-0.4, -0.2) is 61.5 Å². The van der Waals surface area contributed by atoms with Gasteiger partial charge in [-0.3, -0.25) is 4.90 Å². The first-order valence-electron chi connectivity index (χ1n) is 6.79. The number of hydrogen-bond acceptors (Lipinski definition) is 5. The number of rotatable bonds is 3. The molecule has 1 atom stereocenters. The van der Waals surface area contributed by atoms with Gasteiger partial charge >= 0.3 is 6.18 Å². The molecule has 1 aliphatic heterocycles. The van der Waals surface area contributed by atoms with Crippen molar-refractivity contribution in [2.75, 3.05) is 32.7 Å². The molecule has 0 saturated carbocycles. The van der Waals surface area contributed by atoms with Crippen molar-refractivity contribution in [2.45, 2.75) is 24.2 Å². The maximum atomic E-state index is 12.5. The Morgan fingerprint density at radius 2 is 2.05 bits per heavy atom. The maximum absolute atomic E-state index is 12.5. The van der Waals surface area contributed by atoms with Gasteiger partial charge in [0.05, 0.1) is 17.7 Å². The van der Waals surface area contributed by atoms with Gasteiger partial charge in [-0.25, -0.2) is 13.4 Å². The first kappa shape index (κ1) is 17.6. The number of aromatic nitrogens is 1. The van der Waals surface area contributed by atoms with E-state index in [1.807, 2.05) is 0 Å². The summed E-state index contributed by atoms with van der Waals surface area (Å²) in [5.74, 6) is -0.173. The lowest BCUT2D eigenvalue weighted by molar-refractivity contribution is -0.146. The van der Waals surface area contributed by atoms with Gasteiger partial charge in [-0.05, 0) is 12.8 Å². The minimum Gasteiger partial charge on any atom is -0.293 e. The molecule has 0 spiro atoms. The fourth-order valence-corrected chi connectivity index (χ4v) is 5.30. The van der Waals surface area contributed by atoms with Crippen LogP contribution in [0.4, 0.5) is 13.2 Å². The fourth-order valence-electron chi connectivity index (χ4n) is 2.49. The standard InChI is InChI=1S/C12H18F3N3O2S2/c1-9-6-17(8-12(13,14)15)3-4-18(7-9)22(19,20)11-5-16-10(2)21-11/h5,9H,3-4,6-8H2,1-2H3. The van der Waals surface area contributed by atoms with E-state index in [4.69, 9.17) is 0 Å². The maximum Gasteiger partial charge on any atom is 0.401 e. The predicted octanol–water partition coefficient (Wildman–Crippen LogP) is 1.96. The average molecular weight is 357 g/mol. The van der Waals surface area contributed by atoms with Gasteiger partial charge in [0.15, 0.2) is 4.21 Å². The van der Waals surface area contributed by atoms with Gasteiger partial charge in [-0.1, -0.05) is 6.92 Å². The molecule has 0 radical (unpaired) electrons. The molecule has 1 unspecified atom stereocenters. The van der Waals surface area contributed by atoms with Gasteiger partial charge in [-0.15, -0.1) is 11.3 Å². The Kier molecular flexibility index (Phi) is 5.15. The molecule has 0 amide bonds. The van der Waals surface area contributed by atoms with Crippen LogP contribution in [0.25, 0.3) is 0 Å². The van der Waals surface area contributed by atoms with Crippen LogP contribution in [0.3, 0.4) is 0 Å². The van der Waals surface area contributed by atoms with Gasteiger partial charge in [0.1, 0.15) is 0 Å². The summed E-state index contributed by atoms with van der Waals surface area (Å²) in [6, 6.07) is 0. The summed E-state index contributed by atoms with van der Waals surface area (Å²) in [7, 11) is -3.68. The highest BCUT2D eigenvalue weighted by molar-refractivity contribution is 7.91. The Hall–Kier alpha value is -0.710. The number of halogens is 3. The Labute approximate surface area is 131 Å². The molecule has 1 aromatic rings. The molecular weight excluding hydrogens is 339 g/mol. The molecule has 2 rings (SSSR count). The summed E-state index contributed by atoms with van der Waals surface area (Å²) in [6.07, 6.45) is -2.97. The van der Waals surface area contributed by atoms with Crippen LogP contribution in [0.1, 0.15) is 11.9 Å². The van der Waals surface area contributed by atoms with Crippen molar-refractivity contribution in [1.29, 1.82) is 0 Å². The third-order valence-electron chi connectivity index (χ3n) is 3.35. The van der Waals surface area contributed by atoms with Gasteiger partial charge < -0.3 is 0 Å². The van der Waals surface area contributed by atoms with Crippen LogP contribution in [0.5, 0.6) is 0 Å². The molecule has 0 N–H and O–H groups in total. The number of alkyl halides is 3. The molecule has 10 heteroatoms. The van der Waals surface area contributed by atoms with E-state index < -0.39 is 22.7 Å². The molecule has 0 aromatic carbocycles. The SMILES string of the molecule is Cc1ncc(S(=O)(=O)N2CCN(CC(F)(F)F)CC(C)C2)s1.